The Morgan fingerprint density at radius 1 is 0.737 bits per heavy atom. The van der Waals surface area contributed by atoms with Gasteiger partial charge in [0, 0.05) is 18.0 Å². The van der Waals surface area contributed by atoms with Crippen LogP contribution in [-0.2, 0) is 4.79 Å². The third-order valence-electron chi connectivity index (χ3n) is 9.18. The zero-order valence-electron chi connectivity index (χ0n) is 24.0. The van der Waals surface area contributed by atoms with E-state index in [9.17, 15) is 4.79 Å². The van der Waals surface area contributed by atoms with Gasteiger partial charge >= 0.3 is 5.97 Å². The minimum absolute atomic E-state index is 0.0456. The van der Waals surface area contributed by atoms with E-state index in [1.807, 2.05) is 36.7 Å². The van der Waals surface area contributed by atoms with Crippen molar-refractivity contribution >= 4 is 5.97 Å². The van der Waals surface area contributed by atoms with Gasteiger partial charge in [-0.05, 0) is 98.9 Å². The van der Waals surface area contributed by atoms with Crippen molar-refractivity contribution in [3.05, 3.63) is 42.2 Å². The number of benzene rings is 1. The molecule has 0 N–H and O–H groups in total. The van der Waals surface area contributed by atoms with Crippen LogP contribution in [0.4, 0.5) is 0 Å². The van der Waals surface area contributed by atoms with Crippen LogP contribution in [0.1, 0.15) is 134 Å². The van der Waals surface area contributed by atoms with Crippen LogP contribution in [0, 0.1) is 17.8 Å². The molecule has 0 bridgehead atoms. The fourth-order valence-electron chi connectivity index (χ4n) is 6.57. The van der Waals surface area contributed by atoms with Crippen LogP contribution >= 0.6 is 0 Å². The molecule has 1 heterocycles. The summed E-state index contributed by atoms with van der Waals surface area (Å²) in [5, 5.41) is 0. The van der Waals surface area contributed by atoms with Crippen molar-refractivity contribution in [1.82, 2.24) is 9.97 Å². The Morgan fingerprint density at radius 2 is 1.32 bits per heavy atom. The summed E-state index contributed by atoms with van der Waals surface area (Å²) < 4.78 is 5.73. The number of unbranched alkanes of at least 4 members (excludes halogenated alkanes) is 5. The maximum atomic E-state index is 12.7. The van der Waals surface area contributed by atoms with Gasteiger partial charge in [0.1, 0.15) is 5.75 Å². The molecule has 0 aliphatic heterocycles. The number of hydrogen-bond acceptors (Lipinski definition) is 4. The molecule has 0 spiro atoms. The lowest BCUT2D eigenvalue weighted by Crippen LogP contribution is -2.25. The summed E-state index contributed by atoms with van der Waals surface area (Å²) in [6.07, 6.45) is 25.8. The summed E-state index contributed by atoms with van der Waals surface area (Å²) in [6.45, 7) is 4.53. The first-order valence-electron chi connectivity index (χ1n) is 15.8. The Kier molecular flexibility index (Phi) is 11.6. The maximum Gasteiger partial charge on any atom is 0.314 e. The summed E-state index contributed by atoms with van der Waals surface area (Å²) >= 11 is 0. The van der Waals surface area contributed by atoms with Gasteiger partial charge in [0.05, 0.1) is 5.92 Å². The zero-order chi connectivity index (χ0) is 26.6. The van der Waals surface area contributed by atoms with E-state index < -0.39 is 0 Å². The fraction of sp³-hybridized carbons (Fsp3) is 0.676. The maximum absolute atomic E-state index is 12.7. The summed E-state index contributed by atoms with van der Waals surface area (Å²) in [6, 6.07) is 7.68. The van der Waals surface area contributed by atoms with Gasteiger partial charge in [0.25, 0.3) is 0 Å². The first kappa shape index (κ1) is 28.8. The summed E-state index contributed by atoms with van der Waals surface area (Å²) in [5.74, 6) is 3.64. The zero-order valence-corrected chi connectivity index (χ0v) is 24.0. The Hall–Kier alpha value is -2.23. The lowest BCUT2D eigenvalue weighted by atomic mass is 9.77. The number of aromatic nitrogens is 2. The third-order valence-corrected chi connectivity index (χ3v) is 9.18. The second-order valence-corrected chi connectivity index (χ2v) is 12.1. The largest absolute Gasteiger partial charge is 0.426 e. The average Bonchev–Trinajstić information content (AvgIpc) is 2.97. The second-order valence-electron chi connectivity index (χ2n) is 12.1. The predicted molar refractivity (Wildman–Crippen MR) is 156 cm³/mol. The topological polar surface area (TPSA) is 52.1 Å². The van der Waals surface area contributed by atoms with Crippen LogP contribution < -0.4 is 4.74 Å². The summed E-state index contributed by atoms with van der Waals surface area (Å²) in [4.78, 5) is 22.1. The number of hydrogen-bond donors (Lipinski definition) is 0. The molecule has 2 aliphatic carbocycles. The summed E-state index contributed by atoms with van der Waals surface area (Å²) in [7, 11) is 0. The minimum atomic E-state index is -0.0708. The molecular formula is C34H50N2O2. The van der Waals surface area contributed by atoms with Crippen LogP contribution in [0.15, 0.2) is 36.7 Å². The number of carbonyl (C=O) groups is 1. The van der Waals surface area contributed by atoms with Gasteiger partial charge < -0.3 is 4.74 Å². The van der Waals surface area contributed by atoms with Crippen molar-refractivity contribution in [3.8, 4) is 17.1 Å². The lowest BCUT2D eigenvalue weighted by molar-refractivity contribution is -0.140. The molecule has 0 saturated heterocycles. The third kappa shape index (κ3) is 8.64. The lowest BCUT2D eigenvalue weighted by Gasteiger charge is -2.28. The smallest absolute Gasteiger partial charge is 0.314 e. The van der Waals surface area contributed by atoms with E-state index in [2.05, 4.69) is 13.8 Å². The molecule has 1 aromatic carbocycles. The second kappa shape index (κ2) is 15.4. The predicted octanol–water partition coefficient (Wildman–Crippen LogP) is 9.68. The highest BCUT2D eigenvalue weighted by atomic mass is 16.5. The van der Waals surface area contributed by atoms with Crippen molar-refractivity contribution in [2.45, 2.75) is 129 Å². The Bertz CT molecular complexity index is 939. The normalized spacial score (nSPS) is 23.7. The molecule has 2 saturated carbocycles. The monoisotopic (exact) mass is 518 g/mol. The van der Waals surface area contributed by atoms with Crippen molar-refractivity contribution in [1.29, 1.82) is 0 Å². The molecule has 0 atom stereocenters. The molecule has 208 valence electrons. The highest BCUT2D eigenvalue weighted by Gasteiger charge is 2.27. The van der Waals surface area contributed by atoms with E-state index >= 15 is 0 Å². The van der Waals surface area contributed by atoms with Crippen LogP contribution in [0.5, 0.6) is 5.75 Å². The van der Waals surface area contributed by atoms with Crippen LogP contribution in [0.2, 0.25) is 0 Å². The molecule has 4 rings (SSSR count). The first-order valence-corrected chi connectivity index (χ1v) is 15.8. The molecule has 0 unspecified atom stereocenters. The van der Waals surface area contributed by atoms with Gasteiger partial charge in [-0.2, -0.15) is 0 Å². The fourth-order valence-corrected chi connectivity index (χ4v) is 6.57. The molecule has 2 fully saturated rings. The molecule has 4 nitrogen and oxygen atoms in total. The van der Waals surface area contributed by atoms with Crippen molar-refractivity contribution in [3.63, 3.8) is 0 Å². The SMILES string of the molecule is CCCCCCC[C@H]1CC[C@H](c2cnc(-c3ccc(OC(=O)[C@H]4CC[C@H](CCCC)CC4)cc3)nc2)CC1. The number of esters is 1. The van der Waals surface area contributed by atoms with Crippen molar-refractivity contribution in [2.24, 2.45) is 17.8 Å². The molecule has 0 radical (unpaired) electrons. The number of ether oxygens (including phenoxy) is 1. The average molecular weight is 519 g/mol. The molecule has 38 heavy (non-hydrogen) atoms. The first-order chi connectivity index (χ1) is 18.7. The van der Waals surface area contributed by atoms with Gasteiger partial charge in [-0.1, -0.05) is 71.6 Å². The quantitative estimate of drug-likeness (QED) is 0.150. The van der Waals surface area contributed by atoms with E-state index in [-0.39, 0.29) is 11.9 Å². The van der Waals surface area contributed by atoms with Gasteiger partial charge in [-0.25, -0.2) is 9.97 Å². The van der Waals surface area contributed by atoms with E-state index in [0.29, 0.717) is 11.7 Å². The van der Waals surface area contributed by atoms with Crippen LogP contribution in [-0.4, -0.2) is 15.9 Å². The molecule has 4 heteroatoms. The van der Waals surface area contributed by atoms with Crippen LogP contribution in [0.25, 0.3) is 11.4 Å². The summed E-state index contributed by atoms with van der Waals surface area (Å²) in [5.41, 5.74) is 2.24. The standard InChI is InChI=1S/C34H50N2O2/c1-3-5-7-8-9-11-27-12-16-28(17-13-27)31-24-35-33(36-25-31)29-20-22-32(23-21-29)38-34(37)30-18-14-26(15-19-30)10-6-4-2/h20-28,30H,3-19H2,1-2H3/t26-,27-,28-,30-. The van der Waals surface area contributed by atoms with E-state index in [0.717, 1.165) is 48.9 Å². The van der Waals surface area contributed by atoms with Gasteiger partial charge in [-0.15, -0.1) is 0 Å². The molecule has 2 aliphatic rings. The van der Waals surface area contributed by atoms with E-state index in [1.54, 1.807) is 0 Å². The highest BCUT2D eigenvalue weighted by molar-refractivity contribution is 5.75. The highest BCUT2D eigenvalue weighted by Crippen LogP contribution is 2.38. The Labute approximate surface area is 231 Å². The molecule has 2 aromatic rings. The van der Waals surface area contributed by atoms with E-state index in [4.69, 9.17) is 14.7 Å². The van der Waals surface area contributed by atoms with Crippen LogP contribution in [0.3, 0.4) is 0 Å². The molecular weight excluding hydrogens is 468 g/mol. The molecule has 0 amide bonds. The van der Waals surface area contributed by atoms with E-state index in [1.165, 1.54) is 89.0 Å². The van der Waals surface area contributed by atoms with Gasteiger partial charge in [0.2, 0.25) is 0 Å². The number of nitrogens with zero attached hydrogens (tertiary/aromatic N) is 2. The Balaban J connectivity index is 1.20. The molecule has 1 aromatic heterocycles. The van der Waals surface area contributed by atoms with Crippen molar-refractivity contribution < 1.29 is 9.53 Å². The number of carbonyl (C=O) groups excluding carboxylic acids is 1. The minimum Gasteiger partial charge on any atom is -0.426 e. The number of rotatable bonds is 13. The Morgan fingerprint density at radius 3 is 1.95 bits per heavy atom. The van der Waals surface area contributed by atoms with Crippen molar-refractivity contribution in [2.75, 3.05) is 0 Å². The van der Waals surface area contributed by atoms with Gasteiger partial charge in [0.15, 0.2) is 5.82 Å². The van der Waals surface area contributed by atoms with Gasteiger partial charge in [-0.3, -0.25) is 4.79 Å².